The third-order valence-electron chi connectivity index (χ3n) is 2.97. The molecule has 6 heteroatoms. The van der Waals surface area contributed by atoms with E-state index >= 15 is 0 Å². The molecule has 2 aromatic heterocycles. The first-order valence-corrected chi connectivity index (χ1v) is 6.14. The maximum atomic E-state index is 9.95. The number of rotatable bonds is 2. The largest absolute Gasteiger partial charge is 0.389 e. The molecule has 96 valence electrons. The fourth-order valence-corrected chi connectivity index (χ4v) is 2.33. The van der Waals surface area contributed by atoms with Gasteiger partial charge in [0.1, 0.15) is 11.6 Å². The zero-order valence-corrected chi connectivity index (χ0v) is 10.9. The molecule has 0 bridgehead atoms. The highest BCUT2D eigenvalue weighted by molar-refractivity contribution is 5.90. The SMILES string of the molecule is Cc1nc2c3c(nn(CC(C)(C)O)c3n1)CCN2. The van der Waals surface area contributed by atoms with Crippen molar-refractivity contribution < 1.29 is 5.11 Å². The third-order valence-corrected chi connectivity index (χ3v) is 2.97. The lowest BCUT2D eigenvalue weighted by molar-refractivity contribution is 0.0588. The second kappa shape index (κ2) is 3.65. The number of aromatic nitrogens is 4. The number of hydrogen-bond acceptors (Lipinski definition) is 5. The second-order valence-electron chi connectivity index (χ2n) is 5.41. The molecule has 1 aliphatic rings. The fourth-order valence-electron chi connectivity index (χ4n) is 2.33. The molecule has 0 saturated heterocycles. The van der Waals surface area contributed by atoms with Crippen LogP contribution in [0.2, 0.25) is 0 Å². The third kappa shape index (κ3) is 1.82. The van der Waals surface area contributed by atoms with Crippen molar-refractivity contribution in [1.82, 2.24) is 19.7 Å². The van der Waals surface area contributed by atoms with Gasteiger partial charge in [0.2, 0.25) is 0 Å². The summed E-state index contributed by atoms with van der Waals surface area (Å²) in [4.78, 5) is 8.86. The minimum atomic E-state index is -0.809. The van der Waals surface area contributed by atoms with Gasteiger partial charge in [0, 0.05) is 13.0 Å². The lowest BCUT2D eigenvalue weighted by atomic mass is 10.1. The molecule has 0 amide bonds. The van der Waals surface area contributed by atoms with E-state index in [1.54, 1.807) is 18.5 Å². The summed E-state index contributed by atoms with van der Waals surface area (Å²) in [5.41, 5.74) is 1.02. The van der Waals surface area contributed by atoms with Crippen LogP contribution in [0, 0.1) is 6.92 Å². The monoisotopic (exact) mass is 247 g/mol. The van der Waals surface area contributed by atoms with E-state index < -0.39 is 5.60 Å². The average Bonchev–Trinajstić information content (AvgIpc) is 2.56. The van der Waals surface area contributed by atoms with Crippen molar-refractivity contribution in [3.8, 4) is 0 Å². The molecule has 2 N–H and O–H groups in total. The predicted molar refractivity (Wildman–Crippen MR) is 68.6 cm³/mol. The van der Waals surface area contributed by atoms with Gasteiger partial charge in [0.25, 0.3) is 0 Å². The Morgan fingerprint density at radius 3 is 2.89 bits per heavy atom. The van der Waals surface area contributed by atoms with Crippen LogP contribution in [-0.4, -0.2) is 37.0 Å². The van der Waals surface area contributed by atoms with Crippen LogP contribution in [0.3, 0.4) is 0 Å². The zero-order chi connectivity index (χ0) is 12.9. The van der Waals surface area contributed by atoms with E-state index in [4.69, 9.17) is 0 Å². The Morgan fingerprint density at radius 1 is 1.39 bits per heavy atom. The van der Waals surface area contributed by atoms with Crippen molar-refractivity contribution in [2.45, 2.75) is 39.3 Å². The molecule has 0 aliphatic carbocycles. The van der Waals surface area contributed by atoms with Gasteiger partial charge in [-0.1, -0.05) is 0 Å². The summed E-state index contributed by atoms with van der Waals surface area (Å²) in [6.45, 7) is 6.69. The molecule has 0 fully saturated rings. The van der Waals surface area contributed by atoms with Crippen LogP contribution in [0.4, 0.5) is 5.82 Å². The van der Waals surface area contributed by atoms with Gasteiger partial charge in [-0.3, -0.25) is 0 Å². The minimum absolute atomic E-state index is 0.430. The summed E-state index contributed by atoms with van der Waals surface area (Å²) in [6.07, 6.45) is 0.870. The molecule has 0 radical (unpaired) electrons. The normalized spacial score (nSPS) is 14.9. The molecule has 1 aliphatic heterocycles. The van der Waals surface area contributed by atoms with Crippen LogP contribution in [-0.2, 0) is 13.0 Å². The number of aryl methyl sites for hydroxylation is 1. The summed E-state index contributed by atoms with van der Waals surface area (Å²) in [5, 5.41) is 18.8. The van der Waals surface area contributed by atoms with E-state index in [0.717, 1.165) is 41.3 Å². The standard InChI is InChI=1S/C12H17N5O/c1-7-14-10-9-8(4-5-13-10)16-17(11(9)15-7)6-12(2,3)18/h18H,4-6H2,1-3H3,(H,13,14,15). The lowest BCUT2D eigenvalue weighted by Gasteiger charge is -2.17. The summed E-state index contributed by atoms with van der Waals surface area (Å²) in [5.74, 6) is 1.58. The lowest BCUT2D eigenvalue weighted by Crippen LogP contribution is -2.27. The summed E-state index contributed by atoms with van der Waals surface area (Å²) >= 11 is 0. The highest BCUT2D eigenvalue weighted by Crippen LogP contribution is 2.28. The molecule has 0 spiro atoms. The minimum Gasteiger partial charge on any atom is -0.389 e. The van der Waals surface area contributed by atoms with Crippen molar-refractivity contribution in [3.05, 3.63) is 11.5 Å². The van der Waals surface area contributed by atoms with Gasteiger partial charge >= 0.3 is 0 Å². The number of anilines is 1. The number of nitrogens with one attached hydrogen (secondary N) is 1. The van der Waals surface area contributed by atoms with Crippen LogP contribution in [0.1, 0.15) is 25.4 Å². The number of hydrogen-bond donors (Lipinski definition) is 2. The molecule has 3 rings (SSSR count). The molecule has 0 aromatic carbocycles. The Balaban J connectivity index is 2.23. The van der Waals surface area contributed by atoms with Gasteiger partial charge in [-0.25, -0.2) is 14.6 Å². The topological polar surface area (TPSA) is 75.9 Å². The van der Waals surface area contributed by atoms with Gasteiger partial charge in [-0.15, -0.1) is 0 Å². The van der Waals surface area contributed by atoms with Gasteiger partial charge in [-0.05, 0) is 20.8 Å². The van der Waals surface area contributed by atoms with E-state index in [9.17, 15) is 5.11 Å². The molecule has 0 unspecified atom stereocenters. The average molecular weight is 247 g/mol. The van der Waals surface area contributed by atoms with Gasteiger partial charge in [0.15, 0.2) is 5.65 Å². The molecular formula is C12H17N5O. The molecule has 6 nitrogen and oxygen atoms in total. The first-order chi connectivity index (χ1) is 8.44. The van der Waals surface area contributed by atoms with Gasteiger partial charge in [0.05, 0.1) is 23.2 Å². The summed E-state index contributed by atoms with van der Waals surface area (Å²) < 4.78 is 1.79. The first-order valence-electron chi connectivity index (χ1n) is 6.14. The summed E-state index contributed by atoms with van der Waals surface area (Å²) in [7, 11) is 0. The Hall–Kier alpha value is -1.69. The van der Waals surface area contributed by atoms with Crippen molar-refractivity contribution >= 4 is 16.9 Å². The van der Waals surface area contributed by atoms with E-state index in [-0.39, 0.29) is 0 Å². The Bertz CT molecular complexity index is 611. The van der Waals surface area contributed by atoms with Crippen molar-refractivity contribution in [3.63, 3.8) is 0 Å². The first kappa shape index (κ1) is 11.4. The Morgan fingerprint density at radius 2 is 2.17 bits per heavy atom. The zero-order valence-electron chi connectivity index (χ0n) is 10.9. The second-order valence-corrected chi connectivity index (χ2v) is 5.41. The van der Waals surface area contributed by atoms with Crippen molar-refractivity contribution in [2.75, 3.05) is 11.9 Å². The Labute approximate surface area is 105 Å². The van der Waals surface area contributed by atoms with E-state index in [2.05, 4.69) is 20.4 Å². The quantitative estimate of drug-likeness (QED) is 0.823. The molecule has 0 atom stereocenters. The van der Waals surface area contributed by atoms with Crippen molar-refractivity contribution in [1.29, 1.82) is 0 Å². The van der Waals surface area contributed by atoms with Crippen LogP contribution >= 0.6 is 0 Å². The molecular weight excluding hydrogens is 230 g/mol. The predicted octanol–water partition coefficient (Wildman–Crippen LogP) is 0.874. The molecule has 2 aromatic rings. The smallest absolute Gasteiger partial charge is 0.164 e. The summed E-state index contributed by atoms with van der Waals surface area (Å²) in [6, 6.07) is 0. The number of aliphatic hydroxyl groups is 1. The van der Waals surface area contributed by atoms with Crippen LogP contribution < -0.4 is 5.32 Å². The fraction of sp³-hybridized carbons (Fsp3) is 0.583. The highest BCUT2D eigenvalue weighted by atomic mass is 16.3. The molecule has 0 saturated carbocycles. The van der Waals surface area contributed by atoms with Crippen LogP contribution in [0.15, 0.2) is 0 Å². The van der Waals surface area contributed by atoms with E-state index in [1.807, 2.05) is 6.92 Å². The maximum absolute atomic E-state index is 9.95. The maximum Gasteiger partial charge on any atom is 0.164 e. The van der Waals surface area contributed by atoms with E-state index in [1.165, 1.54) is 0 Å². The number of nitrogens with zero attached hydrogens (tertiary/aromatic N) is 4. The highest BCUT2D eigenvalue weighted by Gasteiger charge is 2.23. The van der Waals surface area contributed by atoms with Gasteiger partial charge < -0.3 is 10.4 Å². The van der Waals surface area contributed by atoms with Crippen molar-refractivity contribution in [2.24, 2.45) is 0 Å². The van der Waals surface area contributed by atoms with Crippen LogP contribution in [0.5, 0.6) is 0 Å². The van der Waals surface area contributed by atoms with Gasteiger partial charge in [-0.2, -0.15) is 5.10 Å². The molecule has 18 heavy (non-hydrogen) atoms. The Kier molecular flexibility index (Phi) is 2.31. The van der Waals surface area contributed by atoms with Crippen LogP contribution in [0.25, 0.3) is 11.0 Å². The molecule has 3 heterocycles. The van der Waals surface area contributed by atoms with E-state index in [0.29, 0.717) is 6.54 Å².